The fourth-order valence-corrected chi connectivity index (χ4v) is 1.04. The second-order valence-electron chi connectivity index (χ2n) is 2.61. The third kappa shape index (κ3) is 1.37. The van der Waals surface area contributed by atoms with E-state index in [2.05, 4.69) is 10.1 Å². The maximum Gasteiger partial charge on any atom is 0.137 e. The predicted octanol–water partition coefficient (Wildman–Crippen LogP) is 1.23. The topological polar surface area (TPSA) is 43.9 Å². The van der Waals surface area contributed by atoms with Gasteiger partial charge in [-0.1, -0.05) is 0 Å². The van der Waals surface area contributed by atoms with Crippen molar-refractivity contribution in [3.63, 3.8) is 0 Å². The van der Waals surface area contributed by atoms with Gasteiger partial charge < -0.3 is 4.42 Å². The standard InChI is InChI=1S/C8H9N3O/c1-7-2-3-8(12-7)4-11-6-9-5-10-11/h2-3,5-6H,4H2,1H3. The summed E-state index contributed by atoms with van der Waals surface area (Å²) in [6.45, 7) is 2.57. The molecule has 0 saturated carbocycles. The van der Waals surface area contributed by atoms with Crippen LogP contribution in [0.4, 0.5) is 0 Å². The van der Waals surface area contributed by atoms with Crippen LogP contribution in [0.2, 0.25) is 0 Å². The van der Waals surface area contributed by atoms with Crippen molar-refractivity contribution >= 4 is 0 Å². The largest absolute Gasteiger partial charge is 0.464 e. The van der Waals surface area contributed by atoms with Crippen molar-refractivity contribution in [3.05, 3.63) is 36.3 Å². The van der Waals surface area contributed by atoms with Gasteiger partial charge in [-0.3, -0.25) is 0 Å². The molecule has 2 aromatic heterocycles. The molecule has 0 N–H and O–H groups in total. The summed E-state index contributed by atoms with van der Waals surface area (Å²) in [5, 5.41) is 3.97. The highest BCUT2D eigenvalue weighted by molar-refractivity contribution is 5.05. The lowest BCUT2D eigenvalue weighted by Crippen LogP contribution is -1.97. The van der Waals surface area contributed by atoms with Gasteiger partial charge in [0.25, 0.3) is 0 Å². The Bertz CT molecular complexity index is 350. The Labute approximate surface area is 69.8 Å². The number of aryl methyl sites for hydroxylation is 1. The van der Waals surface area contributed by atoms with Crippen molar-refractivity contribution in [1.29, 1.82) is 0 Å². The van der Waals surface area contributed by atoms with Gasteiger partial charge in [0, 0.05) is 0 Å². The molecule has 0 fully saturated rings. The maximum absolute atomic E-state index is 5.37. The van der Waals surface area contributed by atoms with E-state index in [-0.39, 0.29) is 0 Å². The molecule has 0 aromatic carbocycles. The molecule has 0 saturated heterocycles. The average Bonchev–Trinajstić information content (AvgIpc) is 2.63. The Morgan fingerprint density at radius 1 is 1.50 bits per heavy atom. The lowest BCUT2D eigenvalue weighted by molar-refractivity contribution is 0.459. The summed E-state index contributed by atoms with van der Waals surface area (Å²) in [6.07, 6.45) is 3.17. The first-order valence-electron chi connectivity index (χ1n) is 3.72. The zero-order chi connectivity index (χ0) is 8.39. The third-order valence-electron chi connectivity index (χ3n) is 1.58. The van der Waals surface area contributed by atoms with E-state index in [1.165, 1.54) is 6.33 Å². The highest BCUT2D eigenvalue weighted by Crippen LogP contribution is 2.06. The van der Waals surface area contributed by atoms with Gasteiger partial charge >= 0.3 is 0 Å². The van der Waals surface area contributed by atoms with E-state index < -0.39 is 0 Å². The van der Waals surface area contributed by atoms with Crippen molar-refractivity contribution in [1.82, 2.24) is 14.8 Å². The van der Waals surface area contributed by atoms with Crippen LogP contribution < -0.4 is 0 Å². The SMILES string of the molecule is Cc1ccc(Cn2cncn2)o1. The number of hydrogen-bond donors (Lipinski definition) is 0. The van der Waals surface area contributed by atoms with Crippen molar-refractivity contribution in [2.45, 2.75) is 13.5 Å². The summed E-state index contributed by atoms with van der Waals surface area (Å²) < 4.78 is 7.09. The van der Waals surface area contributed by atoms with Crippen molar-refractivity contribution in [2.24, 2.45) is 0 Å². The second kappa shape index (κ2) is 2.81. The van der Waals surface area contributed by atoms with E-state index in [0.717, 1.165) is 11.5 Å². The molecule has 0 aliphatic rings. The Morgan fingerprint density at radius 3 is 3.00 bits per heavy atom. The van der Waals surface area contributed by atoms with Crippen LogP contribution in [0.1, 0.15) is 11.5 Å². The molecule has 2 aromatic rings. The minimum absolute atomic E-state index is 0.647. The monoisotopic (exact) mass is 163 g/mol. The summed E-state index contributed by atoms with van der Waals surface area (Å²) in [5.74, 6) is 1.82. The Balaban J connectivity index is 2.14. The summed E-state index contributed by atoms with van der Waals surface area (Å²) >= 11 is 0. The summed E-state index contributed by atoms with van der Waals surface area (Å²) in [7, 11) is 0. The first-order valence-corrected chi connectivity index (χ1v) is 3.72. The van der Waals surface area contributed by atoms with Crippen LogP contribution in [0.25, 0.3) is 0 Å². The predicted molar refractivity (Wildman–Crippen MR) is 42.6 cm³/mol. The fourth-order valence-electron chi connectivity index (χ4n) is 1.04. The quantitative estimate of drug-likeness (QED) is 0.668. The zero-order valence-electron chi connectivity index (χ0n) is 6.77. The first-order chi connectivity index (χ1) is 5.84. The molecule has 0 amide bonds. The normalized spacial score (nSPS) is 10.4. The summed E-state index contributed by atoms with van der Waals surface area (Å²) in [5.41, 5.74) is 0. The minimum atomic E-state index is 0.647. The number of furan rings is 1. The van der Waals surface area contributed by atoms with E-state index in [4.69, 9.17) is 4.42 Å². The Kier molecular flexibility index (Phi) is 1.66. The molecule has 12 heavy (non-hydrogen) atoms. The van der Waals surface area contributed by atoms with Gasteiger partial charge in [0.1, 0.15) is 30.7 Å². The van der Waals surface area contributed by atoms with Crippen LogP contribution in [0.15, 0.2) is 29.2 Å². The molecule has 0 unspecified atom stereocenters. The summed E-state index contributed by atoms with van der Waals surface area (Å²) in [6, 6.07) is 3.88. The highest BCUT2D eigenvalue weighted by Gasteiger charge is 1.98. The molecule has 0 atom stereocenters. The third-order valence-corrected chi connectivity index (χ3v) is 1.58. The van der Waals surface area contributed by atoms with E-state index in [1.807, 2.05) is 19.1 Å². The summed E-state index contributed by atoms with van der Waals surface area (Å²) in [4.78, 5) is 3.84. The van der Waals surface area contributed by atoms with E-state index in [1.54, 1.807) is 11.0 Å². The van der Waals surface area contributed by atoms with Gasteiger partial charge in [-0.25, -0.2) is 9.67 Å². The van der Waals surface area contributed by atoms with Crippen LogP contribution in [-0.4, -0.2) is 14.8 Å². The van der Waals surface area contributed by atoms with Crippen LogP contribution in [-0.2, 0) is 6.54 Å². The van der Waals surface area contributed by atoms with Gasteiger partial charge in [0.2, 0.25) is 0 Å². The molecular weight excluding hydrogens is 154 g/mol. The average molecular weight is 163 g/mol. The van der Waals surface area contributed by atoms with Gasteiger partial charge in [-0.05, 0) is 19.1 Å². The Morgan fingerprint density at radius 2 is 2.42 bits per heavy atom. The van der Waals surface area contributed by atoms with E-state index >= 15 is 0 Å². The van der Waals surface area contributed by atoms with Gasteiger partial charge in [-0.15, -0.1) is 0 Å². The molecule has 0 spiro atoms. The van der Waals surface area contributed by atoms with Crippen molar-refractivity contribution in [2.75, 3.05) is 0 Å². The number of aromatic nitrogens is 3. The van der Waals surface area contributed by atoms with Crippen molar-refractivity contribution in [3.8, 4) is 0 Å². The lowest BCUT2D eigenvalue weighted by atomic mass is 10.4. The van der Waals surface area contributed by atoms with Crippen LogP contribution in [0, 0.1) is 6.92 Å². The maximum atomic E-state index is 5.37. The van der Waals surface area contributed by atoms with Crippen LogP contribution in [0.3, 0.4) is 0 Å². The molecule has 2 rings (SSSR count). The molecule has 4 nitrogen and oxygen atoms in total. The molecule has 0 aliphatic heterocycles. The molecule has 62 valence electrons. The van der Waals surface area contributed by atoms with Crippen molar-refractivity contribution < 1.29 is 4.42 Å². The fraction of sp³-hybridized carbons (Fsp3) is 0.250. The second-order valence-corrected chi connectivity index (χ2v) is 2.61. The van der Waals surface area contributed by atoms with Crippen LogP contribution in [0.5, 0.6) is 0 Å². The number of hydrogen-bond acceptors (Lipinski definition) is 3. The Hall–Kier alpha value is -1.58. The minimum Gasteiger partial charge on any atom is -0.464 e. The molecule has 0 bridgehead atoms. The molecular formula is C8H9N3O. The van der Waals surface area contributed by atoms with Gasteiger partial charge in [0.15, 0.2) is 0 Å². The highest BCUT2D eigenvalue weighted by atomic mass is 16.3. The molecule has 0 radical (unpaired) electrons. The first kappa shape index (κ1) is 7.09. The lowest BCUT2D eigenvalue weighted by Gasteiger charge is -1.94. The molecule has 0 aliphatic carbocycles. The van der Waals surface area contributed by atoms with Gasteiger partial charge in [-0.2, -0.15) is 5.10 Å². The van der Waals surface area contributed by atoms with Crippen LogP contribution >= 0.6 is 0 Å². The number of nitrogens with zero attached hydrogens (tertiary/aromatic N) is 3. The molecule has 4 heteroatoms. The van der Waals surface area contributed by atoms with Gasteiger partial charge in [0.05, 0.1) is 0 Å². The smallest absolute Gasteiger partial charge is 0.137 e. The zero-order valence-corrected chi connectivity index (χ0v) is 6.77. The van der Waals surface area contributed by atoms with E-state index in [9.17, 15) is 0 Å². The van der Waals surface area contributed by atoms with E-state index in [0.29, 0.717) is 6.54 Å². The molecule has 2 heterocycles. The number of rotatable bonds is 2.